The maximum atomic E-state index is 12.3. The van der Waals surface area contributed by atoms with Crippen LogP contribution in [0, 0.1) is 11.8 Å². The van der Waals surface area contributed by atoms with Gasteiger partial charge < -0.3 is 16.0 Å². The van der Waals surface area contributed by atoms with E-state index in [0.717, 1.165) is 13.1 Å². The molecule has 1 aromatic carbocycles. The number of carbonyl (C=O) groups excluding carboxylic acids is 2. The Labute approximate surface area is 148 Å². The highest BCUT2D eigenvalue weighted by Gasteiger charge is 2.26. The molecule has 0 aromatic heterocycles. The van der Waals surface area contributed by atoms with Crippen LogP contribution < -0.4 is 16.0 Å². The molecule has 1 aliphatic heterocycles. The fourth-order valence-corrected chi connectivity index (χ4v) is 2.47. The Morgan fingerprint density at radius 3 is 2.48 bits per heavy atom. The average molecular weight is 360 g/mol. The van der Waals surface area contributed by atoms with E-state index in [9.17, 15) is 9.59 Å². The normalized spacial score (nSPS) is 15.3. The summed E-state index contributed by atoms with van der Waals surface area (Å²) in [7, 11) is 0. The third-order valence-electron chi connectivity index (χ3n) is 3.79. The first kappa shape index (κ1) is 19.7. The molecule has 3 N–H and O–H groups in total. The van der Waals surface area contributed by atoms with Crippen molar-refractivity contribution in [2.45, 2.75) is 19.9 Å². The first-order chi connectivity index (χ1) is 10.5. The van der Waals surface area contributed by atoms with Crippen molar-refractivity contribution in [3.8, 4) is 0 Å². The van der Waals surface area contributed by atoms with Gasteiger partial charge in [0, 0.05) is 25.6 Å². The number of carbonyl (C=O) groups is 2. The molecule has 2 rings (SSSR count). The summed E-state index contributed by atoms with van der Waals surface area (Å²) in [5.74, 6) is -0.00551. The fourth-order valence-electron chi connectivity index (χ4n) is 2.25. The van der Waals surface area contributed by atoms with Gasteiger partial charge in [-0.25, -0.2) is 0 Å². The maximum absolute atomic E-state index is 12.3. The quantitative estimate of drug-likeness (QED) is 0.725. The van der Waals surface area contributed by atoms with Crippen molar-refractivity contribution in [1.82, 2.24) is 16.0 Å². The van der Waals surface area contributed by atoms with Crippen molar-refractivity contribution in [2.24, 2.45) is 11.8 Å². The summed E-state index contributed by atoms with van der Waals surface area (Å²) in [6.45, 7) is 6.30. The smallest absolute Gasteiger partial charge is 0.253 e. The Morgan fingerprint density at radius 1 is 1.30 bits per heavy atom. The van der Waals surface area contributed by atoms with Gasteiger partial charge in [-0.2, -0.15) is 0 Å². The highest BCUT2D eigenvalue weighted by Crippen LogP contribution is 2.15. The first-order valence-corrected chi connectivity index (χ1v) is 7.90. The molecule has 1 aromatic rings. The summed E-state index contributed by atoms with van der Waals surface area (Å²) in [5, 5.41) is 9.23. The van der Waals surface area contributed by atoms with E-state index < -0.39 is 6.04 Å². The lowest BCUT2D eigenvalue weighted by Gasteiger charge is -2.29. The number of nitrogens with one attached hydrogen (secondary N) is 3. The second kappa shape index (κ2) is 9.11. The summed E-state index contributed by atoms with van der Waals surface area (Å²) in [4.78, 5) is 24.6. The number of amides is 2. The molecule has 0 spiro atoms. The van der Waals surface area contributed by atoms with Crippen LogP contribution >= 0.6 is 24.0 Å². The van der Waals surface area contributed by atoms with Crippen LogP contribution in [0.1, 0.15) is 24.2 Å². The van der Waals surface area contributed by atoms with E-state index in [1.807, 2.05) is 13.8 Å². The Hall–Kier alpha value is -1.30. The van der Waals surface area contributed by atoms with Gasteiger partial charge >= 0.3 is 0 Å². The number of hydrogen-bond acceptors (Lipinski definition) is 3. The van der Waals surface area contributed by atoms with Crippen LogP contribution in [-0.2, 0) is 4.79 Å². The summed E-state index contributed by atoms with van der Waals surface area (Å²) in [6, 6.07) is 6.24. The monoisotopic (exact) mass is 359 g/mol. The van der Waals surface area contributed by atoms with E-state index in [0.29, 0.717) is 23.0 Å². The van der Waals surface area contributed by atoms with Crippen LogP contribution in [-0.4, -0.2) is 37.5 Å². The lowest BCUT2D eigenvalue weighted by molar-refractivity contribution is -0.124. The molecule has 0 aliphatic carbocycles. The molecule has 1 fully saturated rings. The highest BCUT2D eigenvalue weighted by atomic mass is 35.5. The van der Waals surface area contributed by atoms with E-state index in [1.165, 1.54) is 0 Å². The summed E-state index contributed by atoms with van der Waals surface area (Å²) in [6.07, 6.45) is 0. The molecule has 1 unspecified atom stereocenters. The van der Waals surface area contributed by atoms with Crippen LogP contribution in [0.2, 0.25) is 5.02 Å². The zero-order valence-electron chi connectivity index (χ0n) is 13.3. The van der Waals surface area contributed by atoms with E-state index in [1.54, 1.807) is 24.3 Å². The van der Waals surface area contributed by atoms with Crippen LogP contribution in [0.4, 0.5) is 0 Å². The molecule has 5 nitrogen and oxygen atoms in total. The zero-order valence-corrected chi connectivity index (χ0v) is 14.8. The largest absolute Gasteiger partial charge is 0.354 e. The van der Waals surface area contributed by atoms with E-state index >= 15 is 0 Å². The predicted molar refractivity (Wildman–Crippen MR) is 94.2 cm³/mol. The van der Waals surface area contributed by atoms with Crippen molar-refractivity contribution >= 4 is 35.8 Å². The molecule has 7 heteroatoms. The molecule has 128 valence electrons. The Bertz CT molecular complexity index is 548. The maximum Gasteiger partial charge on any atom is 0.253 e. The summed E-state index contributed by atoms with van der Waals surface area (Å²) < 4.78 is 0. The molecular formula is C16H23Cl2N3O2. The number of halogens is 2. The van der Waals surface area contributed by atoms with E-state index in [2.05, 4.69) is 16.0 Å². The lowest BCUT2D eigenvalue weighted by atomic mass is 10.0. The van der Waals surface area contributed by atoms with Gasteiger partial charge in [0.1, 0.15) is 6.04 Å². The minimum absolute atomic E-state index is 0. The number of hydrogen-bond donors (Lipinski definition) is 3. The molecule has 1 aliphatic rings. The first-order valence-electron chi connectivity index (χ1n) is 7.53. The third kappa shape index (κ3) is 5.37. The van der Waals surface area contributed by atoms with Gasteiger partial charge in [-0.3, -0.25) is 9.59 Å². The standard InChI is InChI=1S/C16H22ClN3O2.ClH/c1-10(2)14(16(22)19-9-11-7-18-8-11)20-15(21)12-5-3-4-6-13(12)17;/h3-6,10-11,14,18H,7-9H2,1-2H3,(H,19,22)(H,20,21);1H. The van der Waals surface area contributed by atoms with Crippen molar-refractivity contribution in [3.05, 3.63) is 34.9 Å². The predicted octanol–water partition coefficient (Wildman–Crippen LogP) is 1.85. The van der Waals surface area contributed by atoms with Gasteiger partial charge in [-0.1, -0.05) is 37.6 Å². The molecular weight excluding hydrogens is 337 g/mol. The second-order valence-electron chi connectivity index (χ2n) is 5.94. The van der Waals surface area contributed by atoms with Gasteiger partial charge in [-0.15, -0.1) is 12.4 Å². The van der Waals surface area contributed by atoms with Crippen molar-refractivity contribution in [1.29, 1.82) is 0 Å². The minimum atomic E-state index is -0.572. The van der Waals surface area contributed by atoms with Crippen LogP contribution in [0.25, 0.3) is 0 Å². The van der Waals surface area contributed by atoms with Crippen LogP contribution in [0.3, 0.4) is 0 Å². The molecule has 23 heavy (non-hydrogen) atoms. The van der Waals surface area contributed by atoms with Gasteiger partial charge in [0.25, 0.3) is 5.91 Å². The highest BCUT2D eigenvalue weighted by molar-refractivity contribution is 6.33. The minimum Gasteiger partial charge on any atom is -0.354 e. The lowest BCUT2D eigenvalue weighted by Crippen LogP contribution is -2.53. The topological polar surface area (TPSA) is 70.2 Å². The zero-order chi connectivity index (χ0) is 16.1. The van der Waals surface area contributed by atoms with Crippen LogP contribution in [0.5, 0.6) is 0 Å². The number of benzene rings is 1. The van der Waals surface area contributed by atoms with Crippen molar-refractivity contribution in [3.63, 3.8) is 0 Å². The SMILES string of the molecule is CC(C)C(NC(=O)c1ccccc1Cl)C(=O)NCC1CNC1.Cl. The van der Waals surface area contributed by atoms with Gasteiger partial charge in [0.2, 0.25) is 5.91 Å². The third-order valence-corrected chi connectivity index (χ3v) is 4.11. The average Bonchev–Trinajstić information content (AvgIpc) is 2.42. The van der Waals surface area contributed by atoms with Gasteiger partial charge in [-0.05, 0) is 18.1 Å². The fraction of sp³-hybridized carbons (Fsp3) is 0.500. The Balaban J connectivity index is 0.00000264. The van der Waals surface area contributed by atoms with Crippen LogP contribution in [0.15, 0.2) is 24.3 Å². The Kier molecular flexibility index (Phi) is 7.82. The van der Waals surface area contributed by atoms with Gasteiger partial charge in [0.15, 0.2) is 0 Å². The molecule has 0 radical (unpaired) electrons. The van der Waals surface area contributed by atoms with Gasteiger partial charge in [0.05, 0.1) is 10.6 Å². The van der Waals surface area contributed by atoms with Crippen molar-refractivity contribution in [2.75, 3.05) is 19.6 Å². The Morgan fingerprint density at radius 2 is 1.96 bits per heavy atom. The molecule has 0 saturated carbocycles. The number of rotatable bonds is 6. The summed E-state index contributed by atoms with van der Waals surface area (Å²) in [5.41, 5.74) is 0.380. The van der Waals surface area contributed by atoms with E-state index in [-0.39, 0.29) is 30.1 Å². The molecule has 1 saturated heterocycles. The van der Waals surface area contributed by atoms with Crippen molar-refractivity contribution < 1.29 is 9.59 Å². The molecule has 0 bridgehead atoms. The molecule has 1 atom stereocenters. The summed E-state index contributed by atoms with van der Waals surface area (Å²) >= 11 is 6.02. The second-order valence-corrected chi connectivity index (χ2v) is 6.35. The molecule has 2 amide bonds. The molecule has 1 heterocycles. The van der Waals surface area contributed by atoms with E-state index in [4.69, 9.17) is 11.6 Å².